The summed E-state index contributed by atoms with van der Waals surface area (Å²) in [5.74, 6) is -0.217. The zero-order chi connectivity index (χ0) is 18.5. The highest BCUT2D eigenvalue weighted by atomic mass is 16.5. The first kappa shape index (κ1) is 17.7. The van der Waals surface area contributed by atoms with E-state index < -0.39 is 5.97 Å². The lowest BCUT2D eigenvalue weighted by molar-refractivity contribution is 0.0696. The molecular formula is C21H21NO4. The normalized spacial score (nSPS) is 10.8. The fourth-order valence-corrected chi connectivity index (χ4v) is 2.81. The van der Waals surface area contributed by atoms with Crippen molar-refractivity contribution in [3.8, 4) is 5.75 Å². The number of aromatic carboxylic acids is 1. The van der Waals surface area contributed by atoms with Crippen molar-refractivity contribution in [1.29, 1.82) is 0 Å². The first-order valence-electron chi connectivity index (χ1n) is 8.66. The first-order valence-corrected chi connectivity index (χ1v) is 8.66. The van der Waals surface area contributed by atoms with E-state index in [0.29, 0.717) is 18.5 Å². The zero-order valence-electron chi connectivity index (χ0n) is 14.6. The molecule has 0 amide bonds. The van der Waals surface area contributed by atoms with E-state index in [2.05, 4.69) is 6.92 Å². The van der Waals surface area contributed by atoms with Gasteiger partial charge in [-0.25, -0.2) is 4.79 Å². The number of carbonyl (C=O) groups is 1. The minimum Gasteiger partial charge on any atom is -0.494 e. The molecule has 2 aromatic carbocycles. The van der Waals surface area contributed by atoms with E-state index in [1.165, 1.54) is 6.07 Å². The molecule has 134 valence electrons. The number of aromatic nitrogens is 1. The van der Waals surface area contributed by atoms with Crippen LogP contribution in [0.4, 0.5) is 0 Å². The number of ether oxygens (including phenoxy) is 1. The van der Waals surface area contributed by atoms with Crippen molar-refractivity contribution in [2.75, 3.05) is 6.61 Å². The lowest BCUT2D eigenvalue weighted by atomic mass is 10.1. The average molecular weight is 351 g/mol. The third-order valence-electron chi connectivity index (χ3n) is 4.24. The molecule has 5 heteroatoms. The van der Waals surface area contributed by atoms with E-state index in [0.717, 1.165) is 29.5 Å². The second kappa shape index (κ2) is 7.87. The minimum atomic E-state index is -0.978. The summed E-state index contributed by atoms with van der Waals surface area (Å²) in [4.78, 5) is 23.8. The van der Waals surface area contributed by atoms with Gasteiger partial charge in [0.15, 0.2) is 0 Å². The van der Waals surface area contributed by atoms with Crippen molar-refractivity contribution in [3.05, 3.63) is 76.2 Å². The number of rotatable bonds is 7. The molecule has 0 atom stereocenters. The number of nitrogens with zero attached hydrogens (tertiary/aromatic N) is 1. The number of fused-ring (bicyclic) bond motifs is 1. The Bertz CT molecular complexity index is 991. The van der Waals surface area contributed by atoms with E-state index in [1.807, 2.05) is 24.3 Å². The number of carboxylic acids is 1. The summed E-state index contributed by atoms with van der Waals surface area (Å²) in [6, 6.07) is 14.0. The summed E-state index contributed by atoms with van der Waals surface area (Å²) < 4.78 is 7.28. The average Bonchev–Trinajstić information content (AvgIpc) is 2.64. The van der Waals surface area contributed by atoms with Gasteiger partial charge in [0, 0.05) is 11.6 Å². The summed E-state index contributed by atoms with van der Waals surface area (Å²) in [6.07, 6.45) is 3.80. The van der Waals surface area contributed by atoms with Gasteiger partial charge in [0.05, 0.1) is 18.7 Å². The van der Waals surface area contributed by atoms with Crippen LogP contribution in [0.25, 0.3) is 10.8 Å². The molecule has 1 aromatic heterocycles. The summed E-state index contributed by atoms with van der Waals surface area (Å²) >= 11 is 0. The Balaban J connectivity index is 1.87. The van der Waals surface area contributed by atoms with Gasteiger partial charge in [-0.2, -0.15) is 0 Å². The SMILES string of the molecule is CCCCOc1ccc2c(=O)n(Cc3cccc(C(=O)O)c3)ccc2c1. The molecule has 0 unspecified atom stereocenters. The summed E-state index contributed by atoms with van der Waals surface area (Å²) in [5, 5.41) is 10.5. The van der Waals surface area contributed by atoms with Crippen LogP contribution in [0.5, 0.6) is 5.75 Å². The van der Waals surface area contributed by atoms with E-state index in [1.54, 1.807) is 29.0 Å². The zero-order valence-corrected chi connectivity index (χ0v) is 14.6. The first-order chi connectivity index (χ1) is 12.6. The van der Waals surface area contributed by atoms with Crippen molar-refractivity contribution in [3.63, 3.8) is 0 Å². The number of pyridine rings is 1. The van der Waals surface area contributed by atoms with Crippen LogP contribution in [0.3, 0.4) is 0 Å². The van der Waals surface area contributed by atoms with E-state index in [4.69, 9.17) is 9.84 Å². The second-order valence-corrected chi connectivity index (χ2v) is 6.21. The van der Waals surface area contributed by atoms with Crippen LogP contribution in [0.15, 0.2) is 59.5 Å². The molecule has 0 saturated heterocycles. The van der Waals surface area contributed by atoms with Gasteiger partial charge >= 0.3 is 5.97 Å². The standard InChI is InChI=1S/C21H21NO4/c1-2-3-11-26-18-7-8-19-16(13-18)9-10-22(20(19)23)14-15-5-4-6-17(12-15)21(24)25/h4-10,12-13H,2-3,11,14H2,1H3,(H,24,25). The number of hydrogen-bond acceptors (Lipinski definition) is 3. The van der Waals surface area contributed by atoms with Gasteiger partial charge in [-0.1, -0.05) is 25.5 Å². The molecular weight excluding hydrogens is 330 g/mol. The number of carboxylic acid groups (broad SMARTS) is 1. The summed E-state index contributed by atoms with van der Waals surface area (Å²) in [6.45, 7) is 3.10. The quantitative estimate of drug-likeness (QED) is 0.655. The lowest BCUT2D eigenvalue weighted by Gasteiger charge is -2.10. The van der Waals surface area contributed by atoms with Crippen LogP contribution in [0.2, 0.25) is 0 Å². The van der Waals surface area contributed by atoms with Gasteiger partial charge in [0.1, 0.15) is 5.75 Å². The molecule has 5 nitrogen and oxygen atoms in total. The van der Waals surface area contributed by atoms with Crippen LogP contribution in [0, 0.1) is 0 Å². The van der Waals surface area contributed by atoms with E-state index >= 15 is 0 Å². The van der Waals surface area contributed by atoms with Gasteiger partial charge in [-0.05, 0) is 53.8 Å². The fraction of sp³-hybridized carbons (Fsp3) is 0.238. The Morgan fingerprint density at radius 3 is 2.77 bits per heavy atom. The highest BCUT2D eigenvalue weighted by Gasteiger charge is 2.07. The largest absolute Gasteiger partial charge is 0.494 e. The van der Waals surface area contributed by atoms with E-state index in [9.17, 15) is 9.59 Å². The van der Waals surface area contributed by atoms with Gasteiger partial charge in [-0.15, -0.1) is 0 Å². The van der Waals surface area contributed by atoms with Crippen molar-refractivity contribution in [1.82, 2.24) is 4.57 Å². The monoisotopic (exact) mass is 351 g/mol. The maximum atomic E-state index is 12.7. The van der Waals surface area contributed by atoms with Crippen LogP contribution in [-0.4, -0.2) is 22.2 Å². The lowest BCUT2D eigenvalue weighted by Crippen LogP contribution is -2.20. The Morgan fingerprint density at radius 2 is 2.00 bits per heavy atom. The maximum absolute atomic E-state index is 12.7. The molecule has 0 spiro atoms. The highest BCUT2D eigenvalue weighted by Crippen LogP contribution is 2.19. The molecule has 1 N–H and O–H groups in total. The predicted molar refractivity (Wildman–Crippen MR) is 101 cm³/mol. The summed E-state index contributed by atoms with van der Waals surface area (Å²) in [5.41, 5.74) is 0.874. The number of benzene rings is 2. The minimum absolute atomic E-state index is 0.108. The van der Waals surface area contributed by atoms with E-state index in [-0.39, 0.29) is 11.1 Å². The molecule has 3 rings (SSSR count). The molecule has 0 saturated carbocycles. The Labute approximate surface area is 151 Å². The number of hydrogen-bond donors (Lipinski definition) is 1. The molecule has 1 heterocycles. The molecule has 0 aliphatic rings. The topological polar surface area (TPSA) is 68.5 Å². The Morgan fingerprint density at radius 1 is 1.15 bits per heavy atom. The van der Waals surface area contributed by atoms with Crippen molar-refractivity contribution < 1.29 is 14.6 Å². The molecule has 0 bridgehead atoms. The van der Waals surface area contributed by atoms with Gasteiger partial charge in [-0.3, -0.25) is 4.79 Å². The second-order valence-electron chi connectivity index (χ2n) is 6.21. The van der Waals surface area contributed by atoms with Crippen LogP contribution in [-0.2, 0) is 6.54 Å². The Hall–Kier alpha value is -3.08. The highest BCUT2D eigenvalue weighted by molar-refractivity contribution is 5.87. The summed E-state index contributed by atoms with van der Waals surface area (Å²) in [7, 11) is 0. The van der Waals surface area contributed by atoms with Gasteiger partial charge < -0.3 is 14.4 Å². The molecule has 0 fully saturated rings. The van der Waals surface area contributed by atoms with Gasteiger partial charge in [0.25, 0.3) is 5.56 Å². The van der Waals surface area contributed by atoms with Crippen molar-refractivity contribution in [2.45, 2.75) is 26.3 Å². The molecule has 0 aliphatic carbocycles. The predicted octanol–water partition coefficient (Wildman–Crippen LogP) is 3.93. The van der Waals surface area contributed by atoms with Gasteiger partial charge in [0.2, 0.25) is 0 Å². The maximum Gasteiger partial charge on any atom is 0.335 e. The third kappa shape index (κ3) is 3.94. The van der Waals surface area contributed by atoms with Crippen molar-refractivity contribution in [2.24, 2.45) is 0 Å². The van der Waals surface area contributed by atoms with Crippen molar-refractivity contribution >= 4 is 16.7 Å². The Kier molecular flexibility index (Phi) is 5.37. The molecule has 0 radical (unpaired) electrons. The molecule has 26 heavy (non-hydrogen) atoms. The third-order valence-corrected chi connectivity index (χ3v) is 4.24. The smallest absolute Gasteiger partial charge is 0.335 e. The number of unbranched alkanes of at least 4 members (excludes halogenated alkanes) is 1. The van der Waals surface area contributed by atoms with Crippen LogP contribution in [0.1, 0.15) is 35.7 Å². The molecule has 3 aromatic rings. The fourth-order valence-electron chi connectivity index (χ4n) is 2.81. The van der Waals surface area contributed by atoms with Crippen LogP contribution < -0.4 is 10.3 Å². The molecule has 0 aliphatic heterocycles. The van der Waals surface area contributed by atoms with Crippen LogP contribution >= 0.6 is 0 Å².